The van der Waals surface area contributed by atoms with E-state index in [9.17, 15) is 0 Å². The van der Waals surface area contributed by atoms with Gasteiger partial charge in [-0.1, -0.05) is 36.4 Å². The minimum absolute atomic E-state index is 0.964. The molecule has 2 rings (SSSR count). The molecule has 20 heavy (non-hydrogen) atoms. The van der Waals surface area contributed by atoms with Crippen molar-refractivity contribution < 1.29 is 0 Å². The van der Waals surface area contributed by atoms with Gasteiger partial charge in [0.2, 0.25) is 0 Å². The molecule has 106 valence electrons. The van der Waals surface area contributed by atoms with Crippen molar-refractivity contribution in [2.45, 2.75) is 0 Å². The normalized spacial score (nSPS) is 10.5. The lowest BCUT2D eigenvalue weighted by molar-refractivity contribution is 0.361. The van der Waals surface area contributed by atoms with Crippen molar-refractivity contribution in [1.82, 2.24) is 4.90 Å². The number of anilines is 2. The minimum atomic E-state index is 0.964. The van der Waals surface area contributed by atoms with Gasteiger partial charge in [-0.05, 0) is 31.3 Å². The summed E-state index contributed by atoms with van der Waals surface area (Å²) in [5.74, 6) is 0. The highest BCUT2D eigenvalue weighted by Gasteiger charge is 1.98. The first-order valence-electron chi connectivity index (χ1n) is 7.11. The topological polar surface area (TPSA) is 27.3 Å². The fourth-order valence-corrected chi connectivity index (χ4v) is 2.01. The Bertz CT molecular complexity index is 425. The van der Waals surface area contributed by atoms with Gasteiger partial charge in [0.15, 0.2) is 0 Å². The largest absolute Gasteiger partial charge is 0.384 e. The van der Waals surface area contributed by atoms with Gasteiger partial charge < -0.3 is 15.5 Å². The lowest BCUT2D eigenvalue weighted by Crippen LogP contribution is -2.29. The van der Waals surface area contributed by atoms with Gasteiger partial charge in [-0.25, -0.2) is 0 Å². The predicted octanol–water partition coefficient (Wildman–Crippen LogP) is 3.14. The molecule has 0 heterocycles. The second kappa shape index (κ2) is 8.23. The molecule has 2 aromatic carbocycles. The van der Waals surface area contributed by atoms with E-state index >= 15 is 0 Å². The van der Waals surface area contributed by atoms with Crippen LogP contribution in [0, 0.1) is 0 Å². The first-order chi connectivity index (χ1) is 9.84. The van der Waals surface area contributed by atoms with Crippen LogP contribution in [0.4, 0.5) is 11.4 Å². The Morgan fingerprint density at radius 3 is 1.50 bits per heavy atom. The highest BCUT2D eigenvalue weighted by atomic mass is 15.1. The third kappa shape index (κ3) is 5.33. The van der Waals surface area contributed by atoms with Crippen LogP contribution in [0.5, 0.6) is 0 Å². The van der Waals surface area contributed by atoms with Crippen LogP contribution < -0.4 is 10.6 Å². The quantitative estimate of drug-likeness (QED) is 0.771. The van der Waals surface area contributed by atoms with Crippen LogP contribution in [0.3, 0.4) is 0 Å². The standard InChI is InChI=1S/C17H23N3/c1-20(14-12-18-16-8-4-2-5-9-16)15-13-19-17-10-6-3-7-11-17/h2-11,18-19H,12-15H2,1H3. The van der Waals surface area contributed by atoms with Gasteiger partial charge in [-0.15, -0.1) is 0 Å². The lowest BCUT2D eigenvalue weighted by atomic mass is 10.3. The van der Waals surface area contributed by atoms with Crippen molar-refractivity contribution >= 4 is 11.4 Å². The Kier molecular flexibility index (Phi) is 5.93. The third-order valence-electron chi connectivity index (χ3n) is 3.19. The molecule has 0 saturated heterocycles. The van der Waals surface area contributed by atoms with Crippen molar-refractivity contribution in [3.63, 3.8) is 0 Å². The second-order valence-corrected chi connectivity index (χ2v) is 4.89. The number of nitrogens with one attached hydrogen (secondary N) is 2. The molecule has 0 fully saturated rings. The fourth-order valence-electron chi connectivity index (χ4n) is 2.01. The zero-order valence-electron chi connectivity index (χ0n) is 12.0. The van der Waals surface area contributed by atoms with Gasteiger partial charge in [0, 0.05) is 37.6 Å². The SMILES string of the molecule is CN(CCNc1ccccc1)CCNc1ccccc1. The molecule has 2 aromatic rings. The van der Waals surface area contributed by atoms with Crippen LogP contribution >= 0.6 is 0 Å². The summed E-state index contributed by atoms with van der Waals surface area (Å²) in [6, 6.07) is 20.7. The first kappa shape index (κ1) is 14.4. The molecule has 0 unspecified atom stereocenters. The Hall–Kier alpha value is -2.00. The van der Waals surface area contributed by atoms with Gasteiger partial charge in [0.25, 0.3) is 0 Å². The Morgan fingerprint density at radius 1 is 0.700 bits per heavy atom. The number of para-hydroxylation sites is 2. The highest BCUT2D eigenvalue weighted by Crippen LogP contribution is 2.05. The van der Waals surface area contributed by atoms with Gasteiger partial charge in [-0.3, -0.25) is 0 Å². The van der Waals surface area contributed by atoms with Crippen LogP contribution in [0.25, 0.3) is 0 Å². The van der Waals surface area contributed by atoms with E-state index in [1.54, 1.807) is 0 Å². The predicted molar refractivity (Wildman–Crippen MR) is 87.4 cm³/mol. The van der Waals surface area contributed by atoms with Gasteiger partial charge >= 0.3 is 0 Å². The number of hydrogen-bond donors (Lipinski definition) is 2. The molecule has 0 aromatic heterocycles. The zero-order chi connectivity index (χ0) is 14.0. The number of benzene rings is 2. The molecule has 3 heteroatoms. The van der Waals surface area contributed by atoms with Crippen molar-refractivity contribution in [3.8, 4) is 0 Å². The molecule has 0 aliphatic rings. The van der Waals surface area contributed by atoms with Crippen molar-refractivity contribution in [2.75, 3.05) is 43.9 Å². The van der Waals surface area contributed by atoms with Crippen molar-refractivity contribution in [1.29, 1.82) is 0 Å². The molecule has 3 nitrogen and oxygen atoms in total. The average Bonchev–Trinajstić information content (AvgIpc) is 2.49. The first-order valence-corrected chi connectivity index (χ1v) is 7.11. The van der Waals surface area contributed by atoms with Crippen LogP contribution in [0.15, 0.2) is 60.7 Å². The van der Waals surface area contributed by atoms with E-state index < -0.39 is 0 Å². The minimum Gasteiger partial charge on any atom is -0.384 e. The van der Waals surface area contributed by atoms with Gasteiger partial charge in [-0.2, -0.15) is 0 Å². The van der Waals surface area contributed by atoms with E-state index in [4.69, 9.17) is 0 Å². The summed E-state index contributed by atoms with van der Waals surface area (Å²) < 4.78 is 0. The number of nitrogens with zero attached hydrogens (tertiary/aromatic N) is 1. The summed E-state index contributed by atoms with van der Waals surface area (Å²) in [7, 11) is 2.15. The molecule has 0 bridgehead atoms. The van der Waals surface area contributed by atoms with Gasteiger partial charge in [0.05, 0.1) is 0 Å². The highest BCUT2D eigenvalue weighted by molar-refractivity contribution is 5.43. The van der Waals surface area contributed by atoms with E-state index in [0.29, 0.717) is 0 Å². The van der Waals surface area contributed by atoms with Crippen LogP contribution in [-0.2, 0) is 0 Å². The maximum absolute atomic E-state index is 3.42. The number of rotatable bonds is 8. The molecule has 0 aliphatic carbocycles. The molecular formula is C17H23N3. The second-order valence-electron chi connectivity index (χ2n) is 4.89. The summed E-state index contributed by atoms with van der Waals surface area (Å²) >= 11 is 0. The summed E-state index contributed by atoms with van der Waals surface area (Å²) in [5, 5.41) is 6.84. The molecule has 0 amide bonds. The lowest BCUT2D eigenvalue weighted by Gasteiger charge is -2.18. The van der Waals surface area contributed by atoms with E-state index in [1.165, 1.54) is 11.4 Å². The number of hydrogen-bond acceptors (Lipinski definition) is 3. The van der Waals surface area contributed by atoms with Crippen LogP contribution in [0.2, 0.25) is 0 Å². The number of likely N-dealkylation sites (N-methyl/N-ethyl adjacent to an activating group) is 1. The smallest absolute Gasteiger partial charge is 0.0340 e. The van der Waals surface area contributed by atoms with Crippen molar-refractivity contribution in [3.05, 3.63) is 60.7 Å². The maximum Gasteiger partial charge on any atom is 0.0340 e. The molecule has 0 saturated carbocycles. The third-order valence-corrected chi connectivity index (χ3v) is 3.19. The van der Waals surface area contributed by atoms with Crippen LogP contribution in [0.1, 0.15) is 0 Å². The van der Waals surface area contributed by atoms with Crippen LogP contribution in [-0.4, -0.2) is 38.1 Å². The molecule has 0 atom stereocenters. The molecule has 0 spiro atoms. The molecule has 2 N–H and O–H groups in total. The fraction of sp³-hybridized carbons (Fsp3) is 0.294. The average molecular weight is 269 g/mol. The zero-order valence-corrected chi connectivity index (χ0v) is 12.0. The van der Waals surface area contributed by atoms with Gasteiger partial charge in [0.1, 0.15) is 0 Å². The Morgan fingerprint density at radius 2 is 1.10 bits per heavy atom. The van der Waals surface area contributed by atoms with E-state index in [2.05, 4.69) is 71.1 Å². The molecule has 0 radical (unpaired) electrons. The molecule has 0 aliphatic heterocycles. The summed E-state index contributed by atoms with van der Waals surface area (Å²) in [5.41, 5.74) is 2.37. The monoisotopic (exact) mass is 269 g/mol. The molecular weight excluding hydrogens is 246 g/mol. The summed E-state index contributed by atoms with van der Waals surface area (Å²) in [4.78, 5) is 2.33. The van der Waals surface area contributed by atoms with E-state index in [1.807, 2.05) is 12.1 Å². The Labute approximate surface area is 121 Å². The van der Waals surface area contributed by atoms with E-state index in [-0.39, 0.29) is 0 Å². The van der Waals surface area contributed by atoms with Crippen molar-refractivity contribution in [2.24, 2.45) is 0 Å². The summed E-state index contributed by atoms with van der Waals surface area (Å²) in [6.07, 6.45) is 0. The maximum atomic E-state index is 3.42. The summed E-state index contributed by atoms with van der Waals surface area (Å²) in [6.45, 7) is 3.99. The Balaban J connectivity index is 1.58. The van der Waals surface area contributed by atoms with E-state index in [0.717, 1.165) is 26.2 Å².